The number of nitrogens with zero attached hydrogens (tertiary/aromatic N) is 3. The summed E-state index contributed by atoms with van der Waals surface area (Å²) in [5, 5.41) is 3.79. The molecule has 0 fully saturated rings. The largest absolute Gasteiger partial charge is 0.450 e. The monoisotopic (exact) mass is 334 g/mol. The van der Waals surface area contributed by atoms with Crippen molar-refractivity contribution in [2.45, 2.75) is 25.0 Å². The molecule has 0 spiro atoms. The van der Waals surface area contributed by atoms with Crippen molar-refractivity contribution < 1.29 is 12.8 Å². The van der Waals surface area contributed by atoms with Gasteiger partial charge in [0.2, 0.25) is 0 Å². The van der Waals surface area contributed by atoms with Gasteiger partial charge in [-0.1, -0.05) is 0 Å². The number of rotatable bonds is 4. The minimum atomic E-state index is -3.81. The molecule has 0 radical (unpaired) electrons. The van der Waals surface area contributed by atoms with Crippen LogP contribution in [-0.2, 0) is 10.0 Å². The molecule has 18 heavy (non-hydrogen) atoms. The molecule has 1 N–H and O–H groups in total. The highest BCUT2D eigenvalue weighted by Crippen LogP contribution is 2.24. The average Bonchev–Trinajstić information content (AvgIpc) is 2.86. The molecule has 0 aliphatic rings. The number of halogens is 1. The summed E-state index contributed by atoms with van der Waals surface area (Å²) in [6.07, 6.45) is 2.73. The van der Waals surface area contributed by atoms with Crippen LogP contribution in [0.15, 0.2) is 32.6 Å². The molecule has 0 atom stereocenters. The van der Waals surface area contributed by atoms with Crippen LogP contribution in [0.25, 0.3) is 0 Å². The van der Waals surface area contributed by atoms with Gasteiger partial charge in [-0.15, -0.1) is 5.10 Å². The Hall–Kier alpha value is -1.35. The smallest absolute Gasteiger partial charge is 0.298 e. The number of furan rings is 1. The molecule has 0 aliphatic heterocycles. The zero-order chi connectivity index (χ0) is 13.3. The van der Waals surface area contributed by atoms with Gasteiger partial charge in [0.05, 0.1) is 10.7 Å². The van der Waals surface area contributed by atoms with E-state index < -0.39 is 10.0 Å². The summed E-state index contributed by atoms with van der Waals surface area (Å²) in [5.74, 6) is 0.00648. The number of aromatic nitrogens is 3. The van der Waals surface area contributed by atoms with Crippen LogP contribution in [0, 0.1) is 0 Å². The van der Waals surface area contributed by atoms with Crippen molar-refractivity contribution in [1.82, 2.24) is 14.8 Å². The van der Waals surface area contributed by atoms with Gasteiger partial charge in [-0.25, -0.2) is 9.40 Å². The Labute approximate surface area is 112 Å². The molecular formula is C9H11BrN4O3S. The Morgan fingerprint density at radius 3 is 2.72 bits per heavy atom. The van der Waals surface area contributed by atoms with Crippen LogP contribution in [0.2, 0.25) is 0 Å². The predicted octanol–water partition coefficient (Wildman–Crippen LogP) is 2.02. The van der Waals surface area contributed by atoms with Gasteiger partial charge >= 0.3 is 0 Å². The summed E-state index contributed by atoms with van der Waals surface area (Å²) in [7, 11) is -3.81. The lowest BCUT2D eigenvalue weighted by molar-refractivity contribution is 0.448. The number of nitrogens with one attached hydrogen (secondary N) is 1. The second-order valence-corrected chi connectivity index (χ2v) is 6.24. The van der Waals surface area contributed by atoms with Gasteiger partial charge in [0.15, 0.2) is 0 Å². The van der Waals surface area contributed by atoms with Crippen molar-refractivity contribution in [2.75, 3.05) is 4.72 Å². The molecule has 0 saturated heterocycles. The molecule has 2 aromatic rings. The summed E-state index contributed by atoms with van der Waals surface area (Å²) in [4.78, 5) is 3.87. The maximum Gasteiger partial charge on any atom is 0.298 e. The van der Waals surface area contributed by atoms with Gasteiger partial charge in [-0.3, -0.25) is 0 Å². The fourth-order valence-electron chi connectivity index (χ4n) is 1.21. The lowest BCUT2D eigenvalue weighted by Gasteiger charge is -2.03. The van der Waals surface area contributed by atoms with Crippen molar-refractivity contribution in [1.29, 1.82) is 0 Å². The number of hydrogen-bond donors (Lipinski definition) is 1. The summed E-state index contributed by atoms with van der Waals surface area (Å²) in [5.41, 5.74) is 0. The molecule has 2 aromatic heterocycles. The lowest BCUT2D eigenvalue weighted by atomic mass is 10.4. The Kier molecular flexibility index (Phi) is 3.44. The second kappa shape index (κ2) is 4.73. The first-order chi connectivity index (χ1) is 8.40. The normalized spacial score (nSPS) is 12.0. The third kappa shape index (κ3) is 2.56. The molecule has 0 aromatic carbocycles. The van der Waals surface area contributed by atoms with Gasteiger partial charge in [0, 0.05) is 6.04 Å². The Balaban J connectivity index is 2.25. The SMILES string of the molecule is CC(C)n1cnc(NS(=O)(=O)c2occc2Br)n1. The van der Waals surface area contributed by atoms with E-state index in [1.807, 2.05) is 13.8 Å². The first-order valence-electron chi connectivity index (χ1n) is 5.07. The number of hydrogen-bond acceptors (Lipinski definition) is 5. The van der Waals surface area contributed by atoms with Crippen molar-refractivity contribution in [3.8, 4) is 0 Å². The first-order valence-corrected chi connectivity index (χ1v) is 7.35. The van der Waals surface area contributed by atoms with E-state index in [2.05, 4.69) is 30.7 Å². The zero-order valence-corrected chi connectivity index (χ0v) is 12.1. The minimum Gasteiger partial charge on any atom is -0.450 e. The van der Waals surface area contributed by atoms with Gasteiger partial charge < -0.3 is 4.42 Å². The van der Waals surface area contributed by atoms with Gasteiger partial charge in [-0.05, 0) is 35.8 Å². The quantitative estimate of drug-likeness (QED) is 0.923. The predicted molar refractivity (Wildman–Crippen MR) is 67.6 cm³/mol. The van der Waals surface area contributed by atoms with E-state index in [1.165, 1.54) is 18.7 Å². The lowest BCUT2D eigenvalue weighted by Crippen LogP contribution is -2.14. The van der Waals surface area contributed by atoms with E-state index in [-0.39, 0.29) is 17.1 Å². The van der Waals surface area contributed by atoms with E-state index in [9.17, 15) is 8.42 Å². The maximum atomic E-state index is 11.9. The van der Waals surface area contributed by atoms with Crippen molar-refractivity contribution in [2.24, 2.45) is 0 Å². The van der Waals surface area contributed by atoms with Gasteiger partial charge in [-0.2, -0.15) is 13.4 Å². The second-order valence-electron chi connectivity index (χ2n) is 3.80. The first kappa shape index (κ1) is 13.1. The molecule has 2 heterocycles. The van der Waals surface area contributed by atoms with E-state index in [4.69, 9.17) is 4.42 Å². The van der Waals surface area contributed by atoms with Crippen LogP contribution in [-0.4, -0.2) is 23.2 Å². The van der Waals surface area contributed by atoms with Crippen LogP contribution >= 0.6 is 15.9 Å². The molecular weight excluding hydrogens is 324 g/mol. The van der Waals surface area contributed by atoms with Crippen LogP contribution in [0.4, 0.5) is 5.95 Å². The van der Waals surface area contributed by atoms with Gasteiger partial charge in [0.25, 0.3) is 21.1 Å². The topological polar surface area (TPSA) is 90.0 Å². The van der Waals surface area contributed by atoms with Crippen LogP contribution in [0.3, 0.4) is 0 Å². The Morgan fingerprint density at radius 2 is 2.22 bits per heavy atom. The molecule has 7 nitrogen and oxygen atoms in total. The summed E-state index contributed by atoms with van der Waals surface area (Å²) in [6.45, 7) is 3.83. The summed E-state index contributed by atoms with van der Waals surface area (Å²) < 4.78 is 32.9. The van der Waals surface area contributed by atoms with Crippen LogP contribution in [0.1, 0.15) is 19.9 Å². The van der Waals surface area contributed by atoms with E-state index in [0.29, 0.717) is 4.47 Å². The zero-order valence-electron chi connectivity index (χ0n) is 9.66. The number of anilines is 1. The van der Waals surface area contributed by atoms with E-state index in [1.54, 1.807) is 4.68 Å². The van der Waals surface area contributed by atoms with E-state index >= 15 is 0 Å². The summed E-state index contributed by atoms with van der Waals surface area (Å²) in [6, 6.07) is 1.60. The maximum absolute atomic E-state index is 11.9. The molecule has 0 aliphatic carbocycles. The van der Waals surface area contributed by atoms with Crippen molar-refractivity contribution in [3.63, 3.8) is 0 Å². The van der Waals surface area contributed by atoms with Gasteiger partial charge in [0.1, 0.15) is 6.33 Å². The third-order valence-electron chi connectivity index (χ3n) is 2.09. The molecule has 98 valence electrons. The molecule has 2 rings (SSSR count). The standard InChI is InChI=1S/C9H11BrN4O3S/c1-6(2)14-5-11-9(12-14)13-18(15,16)8-7(10)3-4-17-8/h3-6H,1-2H3,(H,12,13). The fourth-order valence-corrected chi connectivity index (χ4v) is 2.98. The molecule has 0 amide bonds. The molecule has 0 saturated carbocycles. The average molecular weight is 335 g/mol. The highest BCUT2D eigenvalue weighted by atomic mass is 79.9. The van der Waals surface area contributed by atoms with Crippen molar-refractivity contribution in [3.05, 3.63) is 23.1 Å². The summed E-state index contributed by atoms with van der Waals surface area (Å²) >= 11 is 3.08. The molecule has 9 heteroatoms. The third-order valence-corrected chi connectivity index (χ3v) is 4.23. The highest BCUT2D eigenvalue weighted by molar-refractivity contribution is 9.10. The Bertz CT molecular complexity index is 646. The van der Waals surface area contributed by atoms with Crippen LogP contribution in [0.5, 0.6) is 0 Å². The molecule has 0 unspecified atom stereocenters. The Morgan fingerprint density at radius 1 is 1.50 bits per heavy atom. The molecule has 0 bridgehead atoms. The highest BCUT2D eigenvalue weighted by Gasteiger charge is 2.23. The van der Waals surface area contributed by atoms with Crippen LogP contribution < -0.4 is 4.72 Å². The van der Waals surface area contributed by atoms with Crippen molar-refractivity contribution >= 4 is 31.9 Å². The minimum absolute atomic E-state index is 0.00648. The number of sulfonamides is 1. The van der Waals surface area contributed by atoms with E-state index in [0.717, 1.165) is 0 Å². The fraction of sp³-hybridized carbons (Fsp3) is 0.333.